The summed E-state index contributed by atoms with van der Waals surface area (Å²) in [5, 5.41) is 0. The molecule has 1 heterocycles. The Morgan fingerprint density at radius 3 is 2.26 bits per heavy atom. The molecule has 23 heavy (non-hydrogen) atoms. The molecule has 0 radical (unpaired) electrons. The van der Waals surface area contributed by atoms with Crippen molar-refractivity contribution in [2.24, 2.45) is 0 Å². The van der Waals surface area contributed by atoms with Gasteiger partial charge in [-0.2, -0.15) is 0 Å². The number of ether oxygens (including phenoxy) is 2. The van der Waals surface area contributed by atoms with Gasteiger partial charge in [0, 0.05) is 36.3 Å². The third-order valence-electron chi connectivity index (χ3n) is 3.66. The topological polar surface area (TPSA) is 62.3 Å². The van der Waals surface area contributed by atoms with Crippen molar-refractivity contribution in [1.82, 2.24) is 9.55 Å². The number of rotatable bonds is 5. The largest absolute Gasteiger partial charge is 0.497 e. The van der Waals surface area contributed by atoms with Crippen LogP contribution < -0.4 is 15.2 Å². The predicted octanol–water partition coefficient (Wildman–Crippen LogP) is 3.20. The molecule has 5 nitrogen and oxygen atoms in total. The molecule has 0 aliphatic carbocycles. The molecule has 0 amide bonds. The lowest BCUT2D eigenvalue weighted by Crippen LogP contribution is -2.02. The van der Waals surface area contributed by atoms with Gasteiger partial charge >= 0.3 is 0 Å². The molecule has 1 aromatic heterocycles. The van der Waals surface area contributed by atoms with E-state index in [1.807, 2.05) is 48.7 Å². The Labute approximate surface area is 135 Å². The first-order chi connectivity index (χ1) is 11.2. The molecule has 0 saturated heterocycles. The Balaban J connectivity index is 1.95. The van der Waals surface area contributed by atoms with E-state index < -0.39 is 0 Å². The number of aromatic nitrogens is 2. The first-order valence-electron chi connectivity index (χ1n) is 7.28. The number of hydrogen-bond acceptors (Lipinski definition) is 4. The fraction of sp³-hybridized carbons (Fsp3) is 0.167. The van der Waals surface area contributed by atoms with Crippen molar-refractivity contribution in [3.8, 4) is 22.9 Å². The summed E-state index contributed by atoms with van der Waals surface area (Å²) in [5.74, 6) is 2.33. The zero-order chi connectivity index (χ0) is 16.2. The highest BCUT2D eigenvalue weighted by molar-refractivity contribution is 5.61. The van der Waals surface area contributed by atoms with Gasteiger partial charge in [0.15, 0.2) is 0 Å². The van der Waals surface area contributed by atoms with Crippen molar-refractivity contribution in [3.05, 3.63) is 60.4 Å². The van der Waals surface area contributed by atoms with Gasteiger partial charge in [-0.15, -0.1) is 0 Å². The van der Waals surface area contributed by atoms with Gasteiger partial charge in [0.1, 0.15) is 17.3 Å². The fourth-order valence-electron chi connectivity index (χ4n) is 2.45. The second-order valence-electron chi connectivity index (χ2n) is 5.22. The summed E-state index contributed by atoms with van der Waals surface area (Å²) in [5.41, 5.74) is 8.61. The first kappa shape index (κ1) is 15.0. The Kier molecular flexibility index (Phi) is 4.19. The lowest BCUT2D eigenvalue weighted by atomic mass is 10.1. The van der Waals surface area contributed by atoms with Crippen LogP contribution in [0, 0.1) is 0 Å². The van der Waals surface area contributed by atoms with Gasteiger partial charge in [0.05, 0.1) is 14.2 Å². The van der Waals surface area contributed by atoms with E-state index >= 15 is 0 Å². The average molecular weight is 309 g/mol. The molecule has 0 saturated carbocycles. The normalized spacial score (nSPS) is 10.5. The highest BCUT2D eigenvalue weighted by Crippen LogP contribution is 2.29. The molecular weight excluding hydrogens is 290 g/mol. The molecule has 2 N–H and O–H groups in total. The van der Waals surface area contributed by atoms with E-state index in [0.29, 0.717) is 0 Å². The fourth-order valence-corrected chi connectivity index (χ4v) is 2.45. The maximum absolute atomic E-state index is 5.74. The van der Waals surface area contributed by atoms with E-state index in [0.717, 1.165) is 40.7 Å². The van der Waals surface area contributed by atoms with Gasteiger partial charge in [0.2, 0.25) is 0 Å². The van der Waals surface area contributed by atoms with Crippen molar-refractivity contribution < 1.29 is 9.47 Å². The molecule has 3 aromatic rings. The van der Waals surface area contributed by atoms with Crippen LogP contribution in [0.2, 0.25) is 0 Å². The number of hydrogen-bond donors (Lipinski definition) is 1. The molecule has 0 atom stereocenters. The molecule has 0 aliphatic heterocycles. The van der Waals surface area contributed by atoms with E-state index in [2.05, 4.69) is 9.55 Å². The standard InChI is InChI=1S/C18H19N3O2/c1-22-16-9-14(10-17(11-16)23-2)18-20-7-8-21(18)12-13-3-5-15(19)6-4-13/h3-11H,12,19H2,1-2H3. The van der Waals surface area contributed by atoms with Crippen molar-refractivity contribution in [2.45, 2.75) is 6.54 Å². The molecule has 2 aromatic carbocycles. The predicted molar refractivity (Wildman–Crippen MR) is 90.7 cm³/mol. The van der Waals surface area contributed by atoms with Crippen molar-refractivity contribution >= 4 is 5.69 Å². The molecule has 0 spiro atoms. The zero-order valence-electron chi connectivity index (χ0n) is 13.2. The van der Waals surface area contributed by atoms with Crippen LogP contribution in [0.1, 0.15) is 5.56 Å². The summed E-state index contributed by atoms with van der Waals surface area (Å²) in [6.07, 6.45) is 3.75. The molecule has 118 valence electrons. The molecule has 5 heteroatoms. The van der Waals surface area contributed by atoms with Gasteiger partial charge in [-0.1, -0.05) is 12.1 Å². The number of imidazole rings is 1. The van der Waals surface area contributed by atoms with Crippen molar-refractivity contribution in [2.75, 3.05) is 20.0 Å². The van der Waals surface area contributed by atoms with Crippen molar-refractivity contribution in [1.29, 1.82) is 0 Å². The summed E-state index contributed by atoms with van der Waals surface area (Å²) < 4.78 is 12.8. The van der Waals surface area contributed by atoms with Crippen molar-refractivity contribution in [3.63, 3.8) is 0 Å². The lowest BCUT2D eigenvalue weighted by Gasteiger charge is -2.11. The van der Waals surface area contributed by atoms with Crippen LogP contribution in [0.3, 0.4) is 0 Å². The number of anilines is 1. The summed E-state index contributed by atoms with van der Waals surface area (Å²) in [4.78, 5) is 4.48. The molecule has 0 bridgehead atoms. The lowest BCUT2D eigenvalue weighted by molar-refractivity contribution is 0.394. The van der Waals surface area contributed by atoms with Crippen LogP contribution in [-0.2, 0) is 6.54 Å². The molecule has 0 fully saturated rings. The van der Waals surface area contributed by atoms with Crippen LogP contribution in [0.5, 0.6) is 11.5 Å². The highest BCUT2D eigenvalue weighted by atomic mass is 16.5. The molecule has 3 rings (SSSR count). The maximum atomic E-state index is 5.74. The van der Waals surface area contributed by atoms with Crippen LogP contribution in [-0.4, -0.2) is 23.8 Å². The molecule has 0 unspecified atom stereocenters. The average Bonchev–Trinajstić information content (AvgIpc) is 3.04. The second kappa shape index (κ2) is 6.44. The zero-order valence-corrected chi connectivity index (χ0v) is 13.2. The molecule has 0 aliphatic rings. The first-order valence-corrected chi connectivity index (χ1v) is 7.28. The Morgan fingerprint density at radius 2 is 1.65 bits per heavy atom. The van der Waals surface area contributed by atoms with Gasteiger partial charge in [-0.05, 0) is 29.8 Å². The quantitative estimate of drug-likeness (QED) is 0.735. The minimum atomic E-state index is 0.717. The number of nitrogens with zero attached hydrogens (tertiary/aromatic N) is 2. The maximum Gasteiger partial charge on any atom is 0.140 e. The summed E-state index contributed by atoms with van der Waals surface area (Å²) in [6, 6.07) is 13.6. The van der Waals surface area contributed by atoms with Crippen LogP contribution >= 0.6 is 0 Å². The smallest absolute Gasteiger partial charge is 0.140 e. The van der Waals surface area contributed by atoms with Gasteiger partial charge in [0.25, 0.3) is 0 Å². The second-order valence-corrected chi connectivity index (χ2v) is 5.22. The van der Waals surface area contributed by atoms with Crippen LogP contribution in [0.4, 0.5) is 5.69 Å². The van der Waals surface area contributed by atoms with E-state index in [1.165, 1.54) is 0 Å². The number of methoxy groups -OCH3 is 2. The Bertz CT molecular complexity index is 772. The van der Waals surface area contributed by atoms with E-state index in [-0.39, 0.29) is 0 Å². The number of nitrogens with two attached hydrogens (primary N) is 1. The van der Waals surface area contributed by atoms with Gasteiger partial charge in [-0.3, -0.25) is 0 Å². The van der Waals surface area contributed by atoms with E-state index in [1.54, 1.807) is 20.4 Å². The Morgan fingerprint density at radius 1 is 1.00 bits per heavy atom. The minimum absolute atomic E-state index is 0.717. The summed E-state index contributed by atoms with van der Waals surface area (Å²) >= 11 is 0. The van der Waals surface area contributed by atoms with E-state index in [9.17, 15) is 0 Å². The highest BCUT2D eigenvalue weighted by Gasteiger charge is 2.10. The van der Waals surface area contributed by atoms with Crippen LogP contribution in [0.15, 0.2) is 54.9 Å². The minimum Gasteiger partial charge on any atom is -0.497 e. The third kappa shape index (κ3) is 3.29. The Hall–Kier alpha value is -2.95. The van der Waals surface area contributed by atoms with E-state index in [4.69, 9.17) is 15.2 Å². The monoisotopic (exact) mass is 309 g/mol. The summed E-state index contributed by atoms with van der Waals surface area (Å²) in [6.45, 7) is 0.717. The van der Waals surface area contributed by atoms with Crippen LogP contribution in [0.25, 0.3) is 11.4 Å². The number of nitrogen functional groups attached to an aromatic ring is 1. The number of benzene rings is 2. The molecular formula is C18H19N3O2. The SMILES string of the molecule is COc1cc(OC)cc(-c2nccn2Cc2ccc(N)cc2)c1. The third-order valence-corrected chi connectivity index (χ3v) is 3.66. The van der Waals surface area contributed by atoms with Gasteiger partial charge in [-0.25, -0.2) is 4.98 Å². The van der Waals surface area contributed by atoms with Gasteiger partial charge < -0.3 is 19.8 Å². The summed E-state index contributed by atoms with van der Waals surface area (Å²) in [7, 11) is 3.28.